The Kier molecular flexibility index (Phi) is 5.83. The van der Waals surface area contributed by atoms with Crippen LogP contribution in [0, 0.1) is 5.92 Å². The fourth-order valence-electron chi connectivity index (χ4n) is 1.86. The molecule has 1 aromatic carbocycles. The van der Waals surface area contributed by atoms with Crippen molar-refractivity contribution in [3.63, 3.8) is 0 Å². The SMILES string of the molecule is CC[C@@H](C(=O)OC(OC)c1ccccc1)[C@](N)(O)C(=O)O. The van der Waals surface area contributed by atoms with E-state index in [9.17, 15) is 14.7 Å². The molecule has 0 aliphatic heterocycles. The number of esters is 1. The van der Waals surface area contributed by atoms with E-state index in [1.807, 2.05) is 0 Å². The number of rotatable bonds is 7. The molecule has 0 aliphatic carbocycles. The molecule has 0 bridgehead atoms. The van der Waals surface area contributed by atoms with Crippen molar-refractivity contribution in [1.29, 1.82) is 0 Å². The Labute approximate surface area is 122 Å². The van der Waals surface area contributed by atoms with Crippen molar-refractivity contribution in [2.75, 3.05) is 7.11 Å². The fourth-order valence-corrected chi connectivity index (χ4v) is 1.86. The van der Waals surface area contributed by atoms with E-state index in [1.54, 1.807) is 30.3 Å². The van der Waals surface area contributed by atoms with Crippen molar-refractivity contribution in [2.24, 2.45) is 11.7 Å². The number of aliphatic hydroxyl groups is 1. The minimum atomic E-state index is -2.69. The summed E-state index contributed by atoms with van der Waals surface area (Å²) in [5.74, 6) is -4.04. The molecule has 0 spiro atoms. The van der Waals surface area contributed by atoms with E-state index < -0.39 is 29.9 Å². The van der Waals surface area contributed by atoms with Crippen LogP contribution in [0.25, 0.3) is 0 Å². The van der Waals surface area contributed by atoms with Gasteiger partial charge in [0.15, 0.2) is 0 Å². The Morgan fingerprint density at radius 1 is 1.33 bits per heavy atom. The van der Waals surface area contributed by atoms with Crippen LogP contribution in [0.5, 0.6) is 0 Å². The largest absolute Gasteiger partial charge is 0.478 e. The summed E-state index contributed by atoms with van der Waals surface area (Å²) in [6, 6.07) is 8.64. The van der Waals surface area contributed by atoms with Gasteiger partial charge in [-0.05, 0) is 6.42 Å². The van der Waals surface area contributed by atoms with Gasteiger partial charge in [-0.2, -0.15) is 0 Å². The van der Waals surface area contributed by atoms with Crippen LogP contribution >= 0.6 is 0 Å². The molecule has 7 nitrogen and oxygen atoms in total. The summed E-state index contributed by atoms with van der Waals surface area (Å²) in [5.41, 5.74) is 3.17. The van der Waals surface area contributed by atoms with Gasteiger partial charge in [-0.1, -0.05) is 37.3 Å². The van der Waals surface area contributed by atoms with Gasteiger partial charge >= 0.3 is 11.9 Å². The maximum atomic E-state index is 12.1. The molecular weight excluding hydrogens is 278 g/mol. The monoisotopic (exact) mass is 297 g/mol. The van der Waals surface area contributed by atoms with E-state index in [4.69, 9.17) is 20.3 Å². The quantitative estimate of drug-likeness (QED) is 0.499. The number of methoxy groups -OCH3 is 1. The van der Waals surface area contributed by atoms with Crippen molar-refractivity contribution >= 4 is 11.9 Å². The second-order valence-electron chi connectivity index (χ2n) is 4.51. The fraction of sp³-hybridized carbons (Fsp3) is 0.429. The van der Waals surface area contributed by atoms with Gasteiger partial charge < -0.3 is 19.7 Å². The molecule has 7 heteroatoms. The molecule has 0 fully saturated rings. The normalized spacial score (nSPS) is 16.6. The van der Waals surface area contributed by atoms with Crippen molar-refractivity contribution in [2.45, 2.75) is 25.4 Å². The number of ether oxygens (including phenoxy) is 2. The number of benzene rings is 1. The molecular formula is C14H19NO6. The molecule has 0 radical (unpaired) electrons. The van der Waals surface area contributed by atoms with Gasteiger partial charge in [0, 0.05) is 12.7 Å². The zero-order valence-corrected chi connectivity index (χ0v) is 11.9. The number of carbonyl (C=O) groups is 2. The number of hydrogen-bond acceptors (Lipinski definition) is 6. The lowest BCUT2D eigenvalue weighted by Crippen LogP contribution is -2.57. The highest BCUT2D eigenvalue weighted by Gasteiger charge is 2.45. The van der Waals surface area contributed by atoms with Gasteiger partial charge in [-0.15, -0.1) is 0 Å². The van der Waals surface area contributed by atoms with Crippen molar-refractivity contribution < 1.29 is 29.3 Å². The lowest BCUT2D eigenvalue weighted by molar-refractivity contribution is -0.195. The molecule has 3 atom stereocenters. The first-order valence-corrected chi connectivity index (χ1v) is 6.37. The first-order chi connectivity index (χ1) is 9.84. The summed E-state index contributed by atoms with van der Waals surface area (Å²) in [6.45, 7) is 1.52. The molecule has 0 amide bonds. The molecule has 0 saturated carbocycles. The third-order valence-corrected chi connectivity index (χ3v) is 3.08. The predicted octanol–water partition coefficient (Wildman–Crippen LogP) is 0.633. The Morgan fingerprint density at radius 2 is 1.90 bits per heavy atom. The molecule has 0 aliphatic rings. The number of nitrogens with two attached hydrogens (primary N) is 1. The second-order valence-corrected chi connectivity index (χ2v) is 4.51. The minimum absolute atomic E-state index is 0.00333. The van der Waals surface area contributed by atoms with Crippen LogP contribution in [0.3, 0.4) is 0 Å². The predicted molar refractivity (Wildman–Crippen MR) is 72.8 cm³/mol. The van der Waals surface area contributed by atoms with Crippen molar-refractivity contribution in [3.05, 3.63) is 35.9 Å². The zero-order valence-electron chi connectivity index (χ0n) is 11.9. The van der Waals surface area contributed by atoms with E-state index in [-0.39, 0.29) is 6.42 Å². The van der Waals surface area contributed by atoms with Gasteiger partial charge in [-0.25, -0.2) is 4.79 Å². The van der Waals surface area contributed by atoms with Crippen LogP contribution in [0.4, 0.5) is 0 Å². The van der Waals surface area contributed by atoms with Gasteiger partial charge in [-0.3, -0.25) is 10.5 Å². The van der Waals surface area contributed by atoms with E-state index in [0.717, 1.165) is 0 Å². The highest BCUT2D eigenvalue weighted by Crippen LogP contribution is 2.24. The maximum absolute atomic E-state index is 12.1. The van der Waals surface area contributed by atoms with Crippen molar-refractivity contribution in [3.8, 4) is 0 Å². The summed E-state index contributed by atoms with van der Waals surface area (Å²) in [5, 5.41) is 18.6. The summed E-state index contributed by atoms with van der Waals surface area (Å²) in [6.07, 6.45) is -0.999. The average molecular weight is 297 g/mol. The molecule has 0 saturated heterocycles. The van der Waals surface area contributed by atoms with E-state index in [2.05, 4.69) is 0 Å². The van der Waals surface area contributed by atoms with E-state index in [0.29, 0.717) is 5.56 Å². The smallest absolute Gasteiger partial charge is 0.351 e. The van der Waals surface area contributed by atoms with Crippen LogP contribution in [-0.4, -0.2) is 35.0 Å². The van der Waals surface area contributed by atoms with Gasteiger partial charge in [0.25, 0.3) is 0 Å². The summed E-state index contributed by atoms with van der Waals surface area (Å²) < 4.78 is 10.2. The number of carboxylic acid groups (broad SMARTS) is 1. The molecule has 0 aromatic heterocycles. The third-order valence-electron chi connectivity index (χ3n) is 3.08. The van der Waals surface area contributed by atoms with Crippen LogP contribution in [0.2, 0.25) is 0 Å². The molecule has 1 aromatic rings. The molecule has 0 heterocycles. The Balaban J connectivity index is 2.89. The lowest BCUT2D eigenvalue weighted by Gasteiger charge is -2.27. The van der Waals surface area contributed by atoms with Gasteiger partial charge in [0.05, 0.1) is 0 Å². The highest BCUT2D eigenvalue weighted by molar-refractivity contribution is 5.85. The van der Waals surface area contributed by atoms with E-state index >= 15 is 0 Å². The van der Waals surface area contributed by atoms with E-state index in [1.165, 1.54) is 14.0 Å². The molecule has 116 valence electrons. The maximum Gasteiger partial charge on any atom is 0.351 e. The number of carbonyl (C=O) groups excluding carboxylic acids is 1. The topological polar surface area (TPSA) is 119 Å². The zero-order chi connectivity index (χ0) is 16.0. The number of hydrogen-bond donors (Lipinski definition) is 3. The first kappa shape index (κ1) is 17.1. The van der Waals surface area contributed by atoms with Crippen LogP contribution < -0.4 is 5.73 Å². The Hall–Kier alpha value is -1.96. The lowest BCUT2D eigenvalue weighted by atomic mass is 9.94. The Bertz CT molecular complexity index is 487. The Morgan fingerprint density at radius 3 is 2.33 bits per heavy atom. The van der Waals surface area contributed by atoms with Crippen molar-refractivity contribution in [1.82, 2.24) is 0 Å². The van der Waals surface area contributed by atoms with Crippen LogP contribution in [0.15, 0.2) is 30.3 Å². The number of aliphatic carboxylic acids is 1. The standard InChI is InChI=1S/C14H19NO6/c1-3-10(14(15,19)13(17)18)11(16)21-12(20-2)9-7-5-4-6-8-9/h4-8,10,12,19H,3,15H2,1-2H3,(H,17,18)/t10-,12?,14-/m0/s1. The second kappa shape index (κ2) is 7.16. The molecule has 1 rings (SSSR count). The highest BCUT2D eigenvalue weighted by atomic mass is 16.7. The first-order valence-electron chi connectivity index (χ1n) is 6.37. The average Bonchev–Trinajstić information content (AvgIpc) is 2.45. The van der Waals surface area contributed by atoms with Crippen LogP contribution in [0.1, 0.15) is 25.2 Å². The molecule has 21 heavy (non-hydrogen) atoms. The summed E-state index contributed by atoms with van der Waals surface area (Å²) in [7, 11) is 1.34. The van der Waals surface area contributed by atoms with Crippen LogP contribution in [-0.2, 0) is 19.1 Å². The minimum Gasteiger partial charge on any atom is -0.478 e. The van der Waals surface area contributed by atoms with Gasteiger partial charge in [0.1, 0.15) is 5.92 Å². The summed E-state index contributed by atoms with van der Waals surface area (Å²) in [4.78, 5) is 23.0. The van der Waals surface area contributed by atoms with Gasteiger partial charge in [0.2, 0.25) is 12.0 Å². The third kappa shape index (κ3) is 4.01. The summed E-state index contributed by atoms with van der Waals surface area (Å²) >= 11 is 0. The number of carboxylic acids is 1. The molecule has 1 unspecified atom stereocenters. The molecule has 4 N–H and O–H groups in total.